The molecule has 1 heterocycles. The molecule has 7 heteroatoms. The second-order valence-corrected chi connectivity index (χ2v) is 7.54. The fourth-order valence-corrected chi connectivity index (χ4v) is 4.03. The average molecular weight is 434 g/mol. The molecule has 1 aliphatic rings. The number of halogens is 1. The quantitative estimate of drug-likeness (QED) is 0.496. The zero-order valence-corrected chi connectivity index (χ0v) is 18.0. The predicted octanol–water partition coefficient (Wildman–Crippen LogP) is 5.26. The monoisotopic (exact) mass is 434 g/mol. The first-order valence-electron chi connectivity index (χ1n) is 10.1. The lowest BCUT2D eigenvalue weighted by atomic mass is 9.98. The zero-order valence-electron chi connectivity index (χ0n) is 18.0. The minimum atomic E-state index is -0.329. The summed E-state index contributed by atoms with van der Waals surface area (Å²) in [6.45, 7) is 1.97. The van der Waals surface area contributed by atoms with Crippen molar-refractivity contribution in [1.82, 2.24) is 10.2 Å². The molecule has 2 N–H and O–H groups in total. The number of methoxy groups -OCH3 is 2. The largest absolute Gasteiger partial charge is 0.502 e. The van der Waals surface area contributed by atoms with Gasteiger partial charge in [0.05, 0.1) is 26.0 Å². The molecule has 3 aromatic rings. The first-order chi connectivity index (χ1) is 15.4. The molecule has 0 aliphatic heterocycles. The Morgan fingerprint density at radius 3 is 2.50 bits per heavy atom. The number of aromatic amines is 1. The van der Waals surface area contributed by atoms with Crippen molar-refractivity contribution in [2.45, 2.75) is 19.8 Å². The van der Waals surface area contributed by atoms with Gasteiger partial charge in [-0.3, -0.25) is 9.89 Å². The summed E-state index contributed by atoms with van der Waals surface area (Å²) in [5.41, 5.74) is 5.78. The smallest absolute Gasteiger partial charge is 0.200 e. The van der Waals surface area contributed by atoms with Gasteiger partial charge in [-0.25, -0.2) is 4.39 Å². The molecule has 164 valence electrons. The normalized spacial score (nSPS) is 14.1. The van der Waals surface area contributed by atoms with E-state index >= 15 is 0 Å². The average Bonchev–Trinajstić information content (AvgIpc) is 3.41. The molecule has 0 atom stereocenters. The van der Waals surface area contributed by atoms with E-state index in [1.807, 2.05) is 13.0 Å². The molecular formula is C25H23FN2O4. The molecule has 32 heavy (non-hydrogen) atoms. The molecule has 1 aromatic heterocycles. The summed E-state index contributed by atoms with van der Waals surface area (Å²) in [5, 5.41) is 16.7. The number of rotatable bonds is 7. The summed E-state index contributed by atoms with van der Waals surface area (Å²) in [6, 6.07) is 8.11. The molecule has 1 aliphatic carbocycles. The number of aromatic hydroxyl groups is 1. The van der Waals surface area contributed by atoms with Crippen LogP contribution < -0.4 is 9.47 Å². The Hall–Kier alpha value is -3.87. The Bertz CT molecular complexity index is 1220. The summed E-state index contributed by atoms with van der Waals surface area (Å²) in [5.74, 6) is 0.158. The van der Waals surface area contributed by atoms with Gasteiger partial charge >= 0.3 is 0 Å². The number of benzene rings is 2. The lowest BCUT2D eigenvalue weighted by Crippen LogP contribution is -1.98. The highest BCUT2D eigenvalue weighted by molar-refractivity contribution is 6.06. The standard InChI is InChI=1S/C25H23FN2O4/c1-14-18(6-7-22(29)16-12-27-28-13-16)21-11-17(26)4-5-19(21)20(14)8-15-9-23(31-2)25(30)24(10-15)32-3/h4-5,8-13,30H,6-7H2,1-3H3,(H,27,28)/b20-8-. The molecule has 4 rings (SSSR count). The second kappa shape index (κ2) is 8.70. The van der Waals surface area contributed by atoms with Gasteiger partial charge in [0.15, 0.2) is 17.3 Å². The van der Waals surface area contributed by atoms with E-state index in [-0.39, 0.29) is 23.8 Å². The number of fused-ring (bicyclic) bond motifs is 1. The van der Waals surface area contributed by atoms with Crippen molar-refractivity contribution in [3.05, 3.63) is 76.4 Å². The Morgan fingerprint density at radius 2 is 1.88 bits per heavy atom. The third kappa shape index (κ3) is 3.89. The van der Waals surface area contributed by atoms with Crippen LogP contribution in [0.2, 0.25) is 0 Å². The van der Waals surface area contributed by atoms with Crippen LogP contribution in [-0.2, 0) is 0 Å². The van der Waals surface area contributed by atoms with E-state index in [2.05, 4.69) is 10.2 Å². The zero-order chi connectivity index (χ0) is 22.8. The van der Waals surface area contributed by atoms with Crippen LogP contribution in [0.15, 0.2) is 48.3 Å². The van der Waals surface area contributed by atoms with E-state index in [1.165, 1.54) is 32.5 Å². The van der Waals surface area contributed by atoms with Crippen LogP contribution in [0, 0.1) is 5.82 Å². The van der Waals surface area contributed by atoms with Gasteiger partial charge in [-0.05, 0) is 77.1 Å². The van der Waals surface area contributed by atoms with Crippen molar-refractivity contribution in [3.8, 4) is 17.2 Å². The van der Waals surface area contributed by atoms with Gasteiger partial charge in [0.2, 0.25) is 5.75 Å². The fourth-order valence-electron chi connectivity index (χ4n) is 4.03. The highest BCUT2D eigenvalue weighted by Crippen LogP contribution is 2.45. The molecule has 0 amide bonds. The fraction of sp³-hybridized carbons (Fsp3) is 0.200. The van der Waals surface area contributed by atoms with Gasteiger partial charge < -0.3 is 14.6 Å². The highest BCUT2D eigenvalue weighted by atomic mass is 19.1. The van der Waals surface area contributed by atoms with Crippen LogP contribution in [0.25, 0.3) is 17.2 Å². The van der Waals surface area contributed by atoms with Crippen LogP contribution in [0.4, 0.5) is 4.39 Å². The highest BCUT2D eigenvalue weighted by Gasteiger charge is 2.25. The van der Waals surface area contributed by atoms with Crippen LogP contribution in [0.5, 0.6) is 17.2 Å². The minimum absolute atomic E-state index is 0.0255. The topological polar surface area (TPSA) is 84.4 Å². The van der Waals surface area contributed by atoms with Gasteiger partial charge in [0.25, 0.3) is 0 Å². The lowest BCUT2D eigenvalue weighted by molar-refractivity contribution is 0.0984. The number of hydrogen-bond donors (Lipinski definition) is 2. The summed E-state index contributed by atoms with van der Waals surface area (Å²) >= 11 is 0. The van der Waals surface area contributed by atoms with E-state index in [0.717, 1.165) is 33.4 Å². The molecule has 0 saturated heterocycles. The van der Waals surface area contributed by atoms with E-state index in [1.54, 1.807) is 24.4 Å². The van der Waals surface area contributed by atoms with Crippen LogP contribution >= 0.6 is 0 Å². The molecule has 0 saturated carbocycles. The number of H-pyrrole nitrogens is 1. The maximum atomic E-state index is 14.1. The molecule has 0 unspecified atom stereocenters. The number of carbonyl (C=O) groups excluding carboxylic acids is 1. The summed E-state index contributed by atoms with van der Waals surface area (Å²) in [4.78, 5) is 12.5. The van der Waals surface area contributed by atoms with Gasteiger partial charge in [-0.1, -0.05) is 6.07 Å². The molecule has 2 aromatic carbocycles. The number of ketones is 1. The lowest BCUT2D eigenvalue weighted by Gasteiger charge is -2.11. The van der Waals surface area contributed by atoms with Gasteiger partial charge in [0.1, 0.15) is 5.82 Å². The van der Waals surface area contributed by atoms with E-state index in [4.69, 9.17) is 9.47 Å². The number of hydrogen-bond acceptors (Lipinski definition) is 5. The van der Waals surface area contributed by atoms with E-state index in [0.29, 0.717) is 23.5 Å². The van der Waals surface area contributed by atoms with Crippen molar-refractivity contribution >= 4 is 23.0 Å². The molecule has 0 spiro atoms. The SMILES string of the molecule is COc1cc(/C=C2/C(C)=C(CCC(=O)c3cn[nH]c3)c3cc(F)ccc32)cc(OC)c1O. The maximum Gasteiger partial charge on any atom is 0.200 e. The summed E-state index contributed by atoms with van der Waals surface area (Å²) in [7, 11) is 2.94. The number of ether oxygens (including phenoxy) is 2. The Kier molecular flexibility index (Phi) is 5.81. The number of phenolic OH excluding ortho intramolecular Hbond substituents is 1. The number of phenols is 1. The second-order valence-electron chi connectivity index (χ2n) is 7.54. The first kappa shape index (κ1) is 21.4. The number of Topliss-reactive ketones (excluding diaryl/α,β-unsaturated/α-hetero) is 1. The third-order valence-electron chi connectivity index (χ3n) is 5.69. The third-order valence-corrected chi connectivity index (χ3v) is 5.69. The van der Waals surface area contributed by atoms with Crippen molar-refractivity contribution in [2.24, 2.45) is 0 Å². The van der Waals surface area contributed by atoms with E-state index < -0.39 is 0 Å². The molecule has 0 radical (unpaired) electrons. The molecule has 6 nitrogen and oxygen atoms in total. The van der Waals surface area contributed by atoms with E-state index in [9.17, 15) is 14.3 Å². The number of carbonyl (C=O) groups is 1. The summed E-state index contributed by atoms with van der Waals surface area (Å²) in [6.07, 6.45) is 5.79. The molecular weight excluding hydrogens is 411 g/mol. The van der Waals surface area contributed by atoms with Gasteiger partial charge in [-0.2, -0.15) is 5.10 Å². The maximum absolute atomic E-state index is 14.1. The van der Waals surface area contributed by atoms with Crippen LogP contribution in [0.1, 0.15) is 46.8 Å². The number of aromatic nitrogens is 2. The van der Waals surface area contributed by atoms with Crippen molar-refractivity contribution in [2.75, 3.05) is 14.2 Å². The molecule has 0 bridgehead atoms. The Morgan fingerprint density at radius 1 is 1.16 bits per heavy atom. The van der Waals surface area contributed by atoms with Crippen molar-refractivity contribution < 1.29 is 23.8 Å². The number of nitrogens with one attached hydrogen (secondary N) is 1. The van der Waals surface area contributed by atoms with Crippen LogP contribution in [0.3, 0.4) is 0 Å². The number of nitrogens with zero attached hydrogens (tertiary/aromatic N) is 1. The van der Waals surface area contributed by atoms with Crippen molar-refractivity contribution in [3.63, 3.8) is 0 Å². The van der Waals surface area contributed by atoms with Gasteiger partial charge in [0, 0.05) is 12.6 Å². The van der Waals surface area contributed by atoms with Crippen molar-refractivity contribution in [1.29, 1.82) is 0 Å². The summed E-state index contributed by atoms with van der Waals surface area (Å²) < 4.78 is 24.6. The molecule has 0 fully saturated rings. The minimum Gasteiger partial charge on any atom is -0.502 e. The van der Waals surface area contributed by atoms with Crippen LogP contribution in [-0.4, -0.2) is 35.3 Å². The van der Waals surface area contributed by atoms with Gasteiger partial charge in [-0.15, -0.1) is 0 Å². The number of allylic oxidation sites excluding steroid dienone is 3. The predicted molar refractivity (Wildman–Crippen MR) is 120 cm³/mol. The Balaban J connectivity index is 1.75. The Labute approximate surface area is 185 Å². The first-order valence-corrected chi connectivity index (χ1v) is 10.1.